The van der Waals surface area contributed by atoms with Crippen LogP contribution in [0.1, 0.15) is 13.3 Å². The molecule has 11 N–H and O–H groups in total. The molecule has 0 aliphatic rings. The Hall–Kier alpha value is -0.680. The van der Waals surface area contributed by atoms with Gasteiger partial charge < -0.3 is 84.6 Å². The third-order valence-corrected chi connectivity index (χ3v) is 5.73. The lowest BCUT2D eigenvalue weighted by molar-refractivity contribution is -0.218. The van der Waals surface area contributed by atoms with Gasteiger partial charge in [0.2, 0.25) is 0 Å². The summed E-state index contributed by atoms with van der Waals surface area (Å²) in [6.45, 7) is -4.54. The first-order valence-electron chi connectivity index (χ1n) is 13.8. The molecule has 0 radical (unpaired) electrons. The Labute approximate surface area is 245 Å². The van der Waals surface area contributed by atoms with E-state index in [1.807, 2.05) is 0 Å². The van der Waals surface area contributed by atoms with E-state index in [-0.39, 0.29) is 26.4 Å². The molecule has 254 valence electrons. The van der Waals surface area contributed by atoms with Crippen LogP contribution < -0.4 is 0 Å². The van der Waals surface area contributed by atoms with E-state index in [1.165, 1.54) is 0 Å². The fraction of sp³-hybridized carbons (Fsp3) is 1.00. The molecule has 10 unspecified atom stereocenters. The molecule has 0 saturated carbocycles. The molecule has 0 aromatic heterocycles. The maximum atomic E-state index is 10.0. The summed E-state index contributed by atoms with van der Waals surface area (Å²) in [5.74, 6) is 0. The number of ether oxygens (including phenoxy) is 6. The minimum atomic E-state index is -1.37. The highest BCUT2D eigenvalue weighted by atomic mass is 16.6. The molecular weight excluding hydrogens is 572 g/mol. The van der Waals surface area contributed by atoms with Crippen LogP contribution in [0.4, 0.5) is 0 Å². The van der Waals surface area contributed by atoms with Gasteiger partial charge >= 0.3 is 0 Å². The van der Waals surface area contributed by atoms with Crippen molar-refractivity contribution in [3.05, 3.63) is 0 Å². The molecule has 0 spiro atoms. The SMILES string of the molecule is CCC(O)COCC(OCC(O)CO)C(OCC(O)CO)C(OCC(O)CO)C(COCC(O)CO)OCC(O)CO. The Bertz CT molecular complexity index is 555. The van der Waals surface area contributed by atoms with E-state index in [0.29, 0.717) is 6.42 Å². The predicted molar refractivity (Wildman–Crippen MR) is 142 cm³/mol. The zero-order chi connectivity index (χ0) is 31.9. The molecule has 42 heavy (non-hydrogen) atoms. The average Bonchev–Trinajstić information content (AvgIpc) is 3.01. The molecule has 0 aromatic carbocycles. The molecule has 0 aliphatic heterocycles. The Morgan fingerprint density at radius 1 is 0.381 bits per heavy atom. The van der Waals surface area contributed by atoms with E-state index in [2.05, 4.69) is 0 Å². The molecule has 0 amide bonds. The number of rotatable bonds is 29. The third kappa shape index (κ3) is 18.9. The van der Waals surface area contributed by atoms with Gasteiger partial charge in [-0.15, -0.1) is 0 Å². The summed E-state index contributed by atoms with van der Waals surface area (Å²) in [6.07, 6.45) is -12.2. The van der Waals surface area contributed by atoms with Gasteiger partial charge in [-0.2, -0.15) is 0 Å². The fourth-order valence-electron chi connectivity index (χ4n) is 3.24. The molecule has 0 fully saturated rings. The number of aliphatic hydroxyl groups excluding tert-OH is 11. The van der Waals surface area contributed by atoms with Gasteiger partial charge in [0.1, 0.15) is 54.9 Å². The molecular formula is C25H52O17. The largest absolute Gasteiger partial charge is 0.394 e. The normalized spacial score (nSPS) is 19.4. The van der Waals surface area contributed by atoms with Gasteiger partial charge in [-0.25, -0.2) is 0 Å². The lowest BCUT2D eigenvalue weighted by Gasteiger charge is -2.38. The predicted octanol–water partition coefficient (Wildman–Crippen LogP) is -5.90. The Morgan fingerprint density at radius 2 is 0.667 bits per heavy atom. The van der Waals surface area contributed by atoms with Gasteiger partial charge in [0.05, 0.1) is 92.0 Å². The number of hydrogen-bond acceptors (Lipinski definition) is 17. The summed E-state index contributed by atoms with van der Waals surface area (Å²) in [7, 11) is 0. The summed E-state index contributed by atoms with van der Waals surface area (Å²) >= 11 is 0. The first-order chi connectivity index (χ1) is 20.1. The summed E-state index contributed by atoms with van der Waals surface area (Å²) in [6, 6.07) is 0. The van der Waals surface area contributed by atoms with Crippen molar-refractivity contribution in [3.8, 4) is 0 Å². The summed E-state index contributed by atoms with van der Waals surface area (Å²) < 4.78 is 34.3. The minimum Gasteiger partial charge on any atom is -0.394 e. The van der Waals surface area contributed by atoms with Gasteiger partial charge in [-0.05, 0) is 6.42 Å². The quantitative estimate of drug-likeness (QED) is 0.0369. The highest BCUT2D eigenvalue weighted by Gasteiger charge is 2.40. The monoisotopic (exact) mass is 624 g/mol. The van der Waals surface area contributed by atoms with Crippen molar-refractivity contribution in [2.45, 2.75) is 74.4 Å². The summed E-state index contributed by atoms with van der Waals surface area (Å²) in [5.41, 5.74) is 0. The third-order valence-electron chi connectivity index (χ3n) is 5.73. The van der Waals surface area contributed by atoms with Crippen LogP contribution in [0.5, 0.6) is 0 Å². The zero-order valence-corrected chi connectivity index (χ0v) is 24.0. The Balaban J connectivity index is 6.48. The molecule has 10 atom stereocenters. The van der Waals surface area contributed by atoms with Crippen molar-refractivity contribution in [2.75, 3.05) is 85.9 Å². The van der Waals surface area contributed by atoms with Gasteiger partial charge in [0.15, 0.2) is 0 Å². The first-order valence-corrected chi connectivity index (χ1v) is 13.8. The standard InChI is InChI=1S/C25H52O17/c1-2-16(31)8-37-14-22(39-10-18(33)4-27)24(41-12-20(35)6-29)25(42-13-21(36)7-30)23(40-11-19(34)5-28)15-38-9-17(32)3-26/h16-36H,2-15H2,1H3. The number of hydrogen-bond donors (Lipinski definition) is 11. The highest BCUT2D eigenvalue weighted by molar-refractivity contribution is 4.88. The van der Waals surface area contributed by atoms with E-state index in [4.69, 9.17) is 33.5 Å². The summed E-state index contributed by atoms with van der Waals surface area (Å²) in [4.78, 5) is 0. The van der Waals surface area contributed by atoms with Crippen molar-refractivity contribution in [2.24, 2.45) is 0 Å². The van der Waals surface area contributed by atoms with Crippen molar-refractivity contribution < 1.29 is 84.6 Å². The second-order valence-electron chi connectivity index (χ2n) is 9.66. The van der Waals surface area contributed by atoms with E-state index in [9.17, 15) is 51.1 Å². The molecule has 0 bridgehead atoms. The molecule has 0 rings (SSSR count). The van der Waals surface area contributed by atoms with E-state index in [1.54, 1.807) is 6.92 Å². The van der Waals surface area contributed by atoms with Crippen LogP contribution >= 0.6 is 0 Å². The Morgan fingerprint density at radius 3 is 0.976 bits per heavy atom. The van der Waals surface area contributed by atoms with Crippen LogP contribution in [-0.4, -0.2) is 203 Å². The minimum absolute atomic E-state index is 0.121. The summed E-state index contributed by atoms with van der Waals surface area (Å²) in [5, 5.41) is 106. The van der Waals surface area contributed by atoms with Crippen LogP contribution in [0.15, 0.2) is 0 Å². The number of aliphatic hydroxyl groups is 11. The topological polar surface area (TPSA) is 278 Å². The van der Waals surface area contributed by atoms with E-state index >= 15 is 0 Å². The zero-order valence-electron chi connectivity index (χ0n) is 24.0. The van der Waals surface area contributed by atoms with Gasteiger partial charge in [0, 0.05) is 0 Å². The lowest BCUT2D eigenvalue weighted by atomic mass is 10.0. The maximum absolute atomic E-state index is 10.0. The first kappa shape index (κ1) is 41.3. The molecule has 0 saturated heterocycles. The molecule has 0 aliphatic carbocycles. The average molecular weight is 625 g/mol. The van der Waals surface area contributed by atoms with Crippen molar-refractivity contribution in [1.29, 1.82) is 0 Å². The van der Waals surface area contributed by atoms with Crippen LogP contribution in [-0.2, 0) is 28.4 Å². The smallest absolute Gasteiger partial charge is 0.115 e. The Kier molecular flexibility index (Phi) is 25.2. The van der Waals surface area contributed by atoms with Crippen LogP contribution in [0.25, 0.3) is 0 Å². The van der Waals surface area contributed by atoms with E-state index < -0.39 is 121 Å². The van der Waals surface area contributed by atoms with Crippen LogP contribution in [0, 0.1) is 0 Å². The molecule has 17 nitrogen and oxygen atoms in total. The van der Waals surface area contributed by atoms with Crippen molar-refractivity contribution in [1.82, 2.24) is 0 Å². The fourth-order valence-corrected chi connectivity index (χ4v) is 3.24. The highest BCUT2D eigenvalue weighted by Crippen LogP contribution is 2.21. The second kappa shape index (κ2) is 25.6. The second-order valence-corrected chi connectivity index (χ2v) is 9.66. The lowest BCUT2D eigenvalue weighted by Crippen LogP contribution is -2.54. The molecule has 0 aromatic rings. The van der Waals surface area contributed by atoms with Crippen molar-refractivity contribution in [3.63, 3.8) is 0 Å². The molecule has 17 heteroatoms. The molecule has 0 heterocycles. The van der Waals surface area contributed by atoms with E-state index in [0.717, 1.165) is 0 Å². The van der Waals surface area contributed by atoms with Crippen LogP contribution in [0.2, 0.25) is 0 Å². The van der Waals surface area contributed by atoms with Gasteiger partial charge in [0.25, 0.3) is 0 Å². The van der Waals surface area contributed by atoms with Gasteiger partial charge in [-0.3, -0.25) is 0 Å². The van der Waals surface area contributed by atoms with Gasteiger partial charge in [-0.1, -0.05) is 6.92 Å². The van der Waals surface area contributed by atoms with Crippen LogP contribution in [0.3, 0.4) is 0 Å². The van der Waals surface area contributed by atoms with Crippen molar-refractivity contribution >= 4 is 0 Å². The maximum Gasteiger partial charge on any atom is 0.115 e.